The van der Waals surface area contributed by atoms with Gasteiger partial charge in [-0.2, -0.15) is 0 Å². The van der Waals surface area contributed by atoms with E-state index in [1.54, 1.807) is 29.2 Å². The van der Waals surface area contributed by atoms with Crippen LogP contribution in [0.4, 0.5) is 17.1 Å². The molecule has 1 spiro atoms. The highest BCUT2D eigenvalue weighted by molar-refractivity contribution is 6.26. The van der Waals surface area contributed by atoms with Crippen LogP contribution in [0.5, 0.6) is 0 Å². The summed E-state index contributed by atoms with van der Waals surface area (Å²) in [7, 11) is 0. The molecule has 0 radical (unpaired) electrons. The third-order valence-corrected chi connectivity index (χ3v) is 8.51. The summed E-state index contributed by atoms with van der Waals surface area (Å²) in [6, 6.07) is 23.5. The first kappa shape index (κ1) is 22.9. The van der Waals surface area contributed by atoms with Crippen LogP contribution in [-0.4, -0.2) is 42.8 Å². The number of benzene rings is 3. The van der Waals surface area contributed by atoms with E-state index in [2.05, 4.69) is 5.32 Å². The lowest BCUT2D eigenvalue weighted by atomic mass is 9.76. The molecule has 2 saturated heterocycles. The normalized spacial score (nSPS) is 27.3. The highest BCUT2D eigenvalue weighted by Crippen LogP contribution is 2.55. The number of rotatable bonds is 3. The maximum absolute atomic E-state index is 14.4. The number of hydrogen-bond acceptors (Lipinski definition) is 5. The third kappa shape index (κ3) is 2.89. The summed E-state index contributed by atoms with van der Waals surface area (Å²) in [6.45, 7) is 2.26. The average molecular weight is 507 g/mol. The fraction of sp³-hybridized carbons (Fsp3) is 0.267. The van der Waals surface area contributed by atoms with E-state index >= 15 is 0 Å². The topological polar surface area (TPSA) is 90.0 Å². The molecule has 0 saturated carbocycles. The molecular weight excluding hydrogens is 480 g/mol. The maximum atomic E-state index is 14.4. The molecule has 190 valence electrons. The summed E-state index contributed by atoms with van der Waals surface area (Å²) >= 11 is 0. The molecule has 3 aromatic rings. The van der Waals surface area contributed by atoms with E-state index in [1.807, 2.05) is 61.5 Å². The predicted molar refractivity (Wildman–Crippen MR) is 141 cm³/mol. The lowest BCUT2D eigenvalue weighted by Crippen LogP contribution is -2.56. The Labute approximate surface area is 219 Å². The summed E-state index contributed by atoms with van der Waals surface area (Å²) in [5, 5.41) is 3.37. The highest BCUT2D eigenvalue weighted by Gasteiger charge is 2.71. The van der Waals surface area contributed by atoms with E-state index in [0.717, 1.165) is 17.7 Å². The lowest BCUT2D eigenvalue weighted by Gasteiger charge is -2.30. The van der Waals surface area contributed by atoms with Crippen LogP contribution in [-0.2, 0) is 31.1 Å². The van der Waals surface area contributed by atoms with E-state index < -0.39 is 29.3 Å². The molecule has 4 heterocycles. The van der Waals surface area contributed by atoms with Gasteiger partial charge in [-0.25, -0.2) is 4.90 Å². The zero-order chi connectivity index (χ0) is 26.2. The van der Waals surface area contributed by atoms with Gasteiger partial charge in [0.2, 0.25) is 17.7 Å². The van der Waals surface area contributed by atoms with Gasteiger partial charge in [0.15, 0.2) is 0 Å². The number of anilines is 3. The molecule has 0 unspecified atom stereocenters. The molecule has 0 aromatic heterocycles. The summed E-state index contributed by atoms with van der Waals surface area (Å²) < 4.78 is 0. The summed E-state index contributed by atoms with van der Waals surface area (Å²) in [4.78, 5) is 59.9. The quantitative estimate of drug-likeness (QED) is 0.552. The van der Waals surface area contributed by atoms with Crippen molar-refractivity contribution in [2.75, 3.05) is 27.8 Å². The maximum Gasteiger partial charge on any atom is 0.253 e. The van der Waals surface area contributed by atoms with Crippen molar-refractivity contribution in [1.29, 1.82) is 0 Å². The molecule has 8 heteroatoms. The van der Waals surface area contributed by atoms with E-state index in [1.165, 1.54) is 9.80 Å². The molecule has 0 aliphatic carbocycles. The van der Waals surface area contributed by atoms with Crippen LogP contribution >= 0.6 is 0 Å². The van der Waals surface area contributed by atoms with Crippen LogP contribution in [0.3, 0.4) is 0 Å². The minimum absolute atomic E-state index is 0.149. The average Bonchev–Trinajstić information content (AvgIpc) is 3.63. The minimum Gasteiger partial charge on any atom is -0.310 e. The molecule has 7 rings (SSSR count). The Morgan fingerprint density at radius 2 is 1.58 bits per heavy atom. The molecular formula is C30H26N4O4. The summed E-state index contributed by atoms with van der Waals surface area (Å²) in [6.07, 6.45) is 0.769. The van der Waals surface area contributed by atoms with E-state index in [4.69, 9.17) is 0 Å². The smallest absolute Gasteiger partial charge is 0.253 e. The van der Waals surface area contributed by atoms with Crippen LogP contribution in [0.25, 0.3) is 0 Å². The van der Waals surface area contributed by atoms with Gasteiger partial charge in [-0.1, -0.05) is 54.6 Å². The Kier molecular flexibility index (Phi) is 4.87. The van der Waals surface area contributed by atoms with Gasteiger partial charge in [-0.3, -0.25) is 24.5 Å². The van der Waals surface area contributed by atoms with E-state index in [9.17, 15) is 19.2 Å². The van der Waals surface area contributed by atoms with Crippen molar-refractivity contribution < 1.29 is 19.2 Å². The molecule has 2 fully saturated rings. The summed E-state index contributed by atoms with van der Waals surface area (Å²) in [5.74, 6) is -2.86. The first-order valence-electron chi connectivity index (χ1n) is 12.9. The van der Waals surface area contributed by atoms with Gasteiger partial charge in [-0.15, -0.1) is 0 Å². The van der Waals surface area contributed by atoms with Crippen LogP contribution in [0.15, 0.2) is 78.9 Å². The van der Waals surface area contributed by atoms with Crippen molar-refractivity contribution in [2.24, 2.45) is 11.8 Å². The van der Waals surface area contributed by atoms with Crippen molar-refractivity contribution in [2.45, 2.75) is 24.9 Å². The third-order valence-electron chi connectivity index (χ3n) is 8.51. The fourth-order valence-electron chi connectivity index (χ4n) is 6.92. The zero-order valence-corrected chi connectivity index (χ0v) is 20.8. The monoisotopic (exact) mass is 506 g/mol. The molecule has 4 atom stereocenters. The number of amides is 4. The van der Waals surface area contributed by atoms with Crippen molar-refractivity contribution >= 4 is 40.7 Å². The molecule has 4 aliphatic heterocycles. The molecule has 8 nitrogen and oxygen atoms in total. The second kappa shape index (κ2) is 8.10. The highest BCUT2D eigenvalue weighted by atomic mass is 16.2. The number of imide groups is 1. The Hall–Kier alpha value is -4.30. The van der Waals surface area contributed by atoms with Gasteiger partial charge < -0.3 is 9.80 Å². The van der Waals surface area contributed by atoms with Crippen molar-refractivity contribution in [3.05, 3.63) is 90.0 Å². The van der Waals surface area contributed by atoms with Gasteiger partial charge in [0.25, 0.3) is 5.91 Å². The number of carbonyl (C=O) groups is 4. The van der Waals surface area contributed by atoms with Crippen LogP contribution in [0.2, 0.25) is 0 Å². The number of nitrogens with zero attached hydrogens (tertiary/aromatic N) is 3. The molecule has 0 bridgehead atoms. The first-order valence-corrected chi connectivity index (χ1v) is 12.9. The Morgan fingerprint density at radius 3 is 2.37 bits per heavy atom. The number of hydrogen-bond donors (Lipinski definition) is 1. The minimum atomic E-state index is -1.42. The number of fused-ring (bicyclic) bond motifs is 5. The lowest BCUT2D eigenvalue weighted by molar-refractivity contribution is -0.132. The number of nitrogens with one attached hydrogen (secondary N) is 1. The van der Waals surface area contributed by atoms with Gasteiger partial charge in [-0.05, 0) is 43.2 Å². The molecule has 4 amide bonds. The van der Waals surface area contributed by atoms with Gasteiger partial charge in [0.05, 0.1) is 17.5 Å². The largest absolute Gasteiger partial charge is 0.310 e. The predicted octanol–water partition coefficient (Wildman–Crippen LogP) is 2.62. The Balaban J connectivity index is 1.28. The molecule has 38 heavy (non-hydrogen) atoms. The molecule has 3 aromatic carbocycles. The van der Waals surface area contributed by atoms with Gasteiger partial charge in [0.1, 0.15) is 12.1 Å². The molecule has 1 N–H and O–H groups in total. The first-order chi connectivity index (χ1) is 18.4. The number of para-hydroxylation sites is 3. The van der Waals surface area contributed by atoms with Crippen molar-refractivity contribution in [3.63, 3.8) is 0 Å². The van der Waals surface area contributed by atoms with Crippen LogP contribution < -0.4 is 20.0 Å². The second-order valence-electron chi connectivity index (χ2n) is 10.4. The fourth-order valence-corrected chi connectivity index (χ4v) is 6.92. The van der Waals surface area contributed by atoms with E-state index in [-0.39, 0.29) is 24.3 Å². The summed E-state index contributed by atoms with van der Waals surface area (Å²) in [5.41, 5.74) is 2.29. The van der Waals surface area contributed by atoms with Gasteiger partial charge in [0, 0.05) is 29.5 Å². The Morgan fingerprint density at radius 1 is 0.895 bits per heavy atom. The molecule has 4 aliphatic rings. The van der Waals surface area contributed by atoms with Gasteiger partial charge >= 0.3 is 0 Å². The van der Waals surface area contributed by atoms with Crippen LogP contribution in [0.1, 0.15) is 18.1 Å². The number of carbonyl (C=O) groups excluding carboxylic acids is 4. The Bertz CT molecular complexity index is 1520. The van der Waals surface area contributed by atoms with Crippen molar-refractivity contribution in [3.8, 4) is 0 Å². The van der Waals surface area contributed by atoms with Crippen molar-refractivity contribution in [1.82, 2.24) is 5.32 Å². The SMILES string of the molecule is C[C@@H]1N[C@]2(C(=O)N(CC(=O)N3CCc4ccccc43)c3ccccc32)[C@@H]2C(=O)N(c3ccccc3)C(=O)[C@@H]12. The van der Waals surface area contributed by atoms with E-state index in [0.29, 0.717) is 23.5 Å². The zero-order valence-electron chi connectivity index (χ0n) is 20.8. The van der Waals surface area contributed by atoms with Crippen LogP contribution in [0, 0.1) is 11.8 Å². The standard InChI is InChI=1S/C30H26N4O4/c1-18-25-26(28(37)34(27(25)36)20-10-3-2-4-11-20)30(31-18)21-12-6-8-14-23(21)33(29(30)38)17-24(35)32-16-15-19-9-5-7-13-22(19)32/h2-14,18,25-26,31H,15-17H2,1H3/t18-,25-,26-,30-/m0/s1. The second-order valence-corrected chi connectivity index (χ2v) is 10.4.